The molecule has 0 aromatic carbocycles. The van der Waals surface area contributed by atoms with Gasteiger partial charge in [0.1, 0.15) is 0 Å². The lowest BCUT2D eigenvalue weighted by atomic mass is 9.87. The minimum atomic E-state index is 0.0129. The lowest BCUT2D eigenvalue weighted by Gasteiger charge is -2.36. The maximum absolute atomic E-state index is 5.73. The first-order chi connectivity index (χ1) is 7.26. The SMILES string of the molecule is COC1(Cc2ccnn2C)CCNCC1. The summed E-state index contributed by atoms with van der Waals surface area (Å²) in [5.74, 6) is 0. The molecule has 15 heavy (non-hydrogen) atoms. The molecule has 0 aliphatic carbocycles. The van der Waals surface area contributed by atoms with Gasteiger partial charge in [-0.1, -0.05) is 0 Å². The molecule has 1 fully saturated rings. The highest BCUT2D eigenvalue weighted by molar-refractivity contribution is 5.06. The third-order valence-electron chi connectivity index (χ3n) is 3.37. The van der Waals surface area contributed by atoms with Crippen LogP contribution in [0.3, 0.4) is 0 Å². The number of ether oxygens (including phenoxy) is 1. The number of piperidine rings is 1. The summed E-state index contributed by atoms with van der Waals surface area (Å²) in [7, 11) is 3.81. The molecule has 0 amide bonds. The van der Waals surface area contributed by atoms with Crippen molar-refractivity contribution in [3.05, 3.63) is 18.0 Å². The summed E-state index contributed by atoms with van der Waals surface area (Å²) in [6, 6.07) is 2.07. The highest BCUT2D eigenvalue weighted by atomic mass is 16.5. The third-order valence-corrected chi connectivity index (χ3v) is 3.37. The molecule has 0 spiro atoms. The molecule has 2 rings (SSSR count). The summed E-state index contributed by atoms with van der Waals surface area (Å²) >= 11 is 0. The number of aryl methyl sites for hydroxylation is 1. The van der Waals surface area contributed by atoms with Gasteiger partial charge >= 0.3 is 0 Å². The summed E-state index contributed by atoms with van der Waals surface area (Å²) in [5.41, 5.74) is 1.26. The second-order valence-corrected chi connectivity index (χ2v) is 4.26. The molecule has 1 aliphatic heterocycles. The Morgan fingerprint density at radius 3 is 2.80 bits per heavy atom. The Balaban J connectivity index is 2.10. The van der Waals surface area contributed by atoms with Crippen molar-refractivity contribution in [2.45, 2.75) is 24.9 Å². The van der Waals surface area contributed by atoms with Crippen LogP contribution in [0.1, 0.15) is 18.5 Å². The van der Waals surface area contributed by atoms with Crippen LogP contribution in [-0.2, 0) is 18.2 Å². The number of nitrogens with zero attached hydrogens (tertiary/aromatic N) is 2. The average molecular weight is 209 g/mol. The maximum Gasteiger partial charge on any atom is 0.0758 e. The smallest absolute Gasteiger partial charge is 0.0758 e. The van der Waals surface area contributed by atoms with E-state index in [0.717, 1.165) is 32.4 Å². The number of aromatic nitrogens is 2. The number of rotatable bonds is 3. The molecular weight excluding hydrogens is 190 g/mol. The first kappa shape index (κ1) is 10.6. The van der Waals surface area contributed by atoms with Gasteiger partial charge in [-0.3, -0.25) is 4.68 Å². The fourth-order valence-corrected chi connectivity index (χ4v) is 2.24. The molecule has 0 saturated carbocycles. The Morgan fingerprint density at radius 2 is 2.27 bits per heavy atom. The standard InChI is InChI=1S/C11H19N3O/c1-14-10(3-6-13-14)9-11(15-2)4-7-12-8-5-11/h3,6,12H,4-5,7-9H2,1-2H3. The first-order valence-corrected chi connectivity index (χ1v) is 5.48. The summed E-state index contributed by atoms with van der Waals surface area (Å²) in [4.78, 5) is 0. The Bertz CT molecular complexity index is 315. The molecule has 1 aliphatic rings. The minimum absolute atomic E-state index is 0.0129. The number of hydrogen-bond donors (Lipinski definition) is 1. The molecule has 0 radical (unpaired) electrons. The van der Waals surface area contributed by atoms with Gasteiger partial charge in [0.05, 0.1) is 5.60 Å². The number of nitrogens with one attached hydrogen (secondary N) is 1. The molecule has 4 heteroatoms. The highest BCUT2D eigenvalue weighted by Crippen LogP contribution is 2.26. The molecule has 4 nitrogen and oxygen atoms in total. The zero-order chi connectivity index (χ0) is 10.7. The third kappa shape index (κ3) is 2.21. The van der Waals surface area contributed by atoms with Gasteiger partial charge in [-0.05, 0) is 32.0 Å². The molecule has 0 bridgehead atoms. The molecule has 2 heterocycles. The molecule has 0 unspecified atom stereocenters. The van der Waals surface area contributed by atoms with E-state index in [-0.39, 0.29) is 5.60 Å². The first-order valence-electron chi connectivity index (χ1n) is 5.48. The molecule has 1 N–H and O–H groups in total. The minimum Gasteiger partial charge on any atom is -0.378 e. The Morgan fingerprint density at radius 1 is 1.53 bits per heavy atom. The van der Waals surface area contributed by atoms with Crippen LogP contribution in [0.25, 0.3) is 0 Å². The van der Waals surface area contributed by atoms with Crippen LogP contribution in [-0.4, -0.2) is 35.6 Å². The van der Waals surface area contributed by atoms with Gasteiger partial charge in [-0.15, -0.1) is 0 Å². The lowest BCUT2D eigenvalue weighted by Crippen LogP contribution is -2.45. The van der Waals surface area contributed by atoms with Gasteiger partial charge in [0, 0.05) is 32.5 Å². The molecule has 1 aromatic rings. The van der Waals surface area contributed by atoms with Crippen molar-refractivity contribution >= 4 is 0 Å². The molecule has 1 saturated heterocycles. The number of methoxy groups -OCH3 is 1. The van der Waals surface area contributed by atoms with E-state index in [1.165, 1.54) is 5.69 Å². The normalized spacial score (nSPS) is 20.4. The van der Waals surface area contributed by atoms with Gasteiger partial charge in [-0.2, -0.15) is 5.10 Å². The van der Waals surface area contributed by atoms with Gasteiger partial charge in [0.15, 0.2) is 0 Å². The molecule has 1 aromatic heterocycles. The maximum atomic E-state index is 5.73. The Kier molecular flexibility index (Phi) is 3.07. The zero-order valence-corrected chi connectivity index (χ0v) is 9.49. The fourth-order valence-electron chi connectivity index (χ4n) is 2.24. The Hall–Kier alpha value is -0.870. The summed E-state index contributed by atoms with van der Waals surface area (Å²) in [6.45, 7) is 2.09. The van der Waals surface area contributed by atoms with Crippen molar-refractivity contribution in [2.24, 2.45) is 7.05 Å². The predicted octanol–water partition coefficient (Wildman–Crippen LogP) is 0.731. The van der Waals surface area contributed by atoms with E-state index in [9.17, 15) is 0 Å². The van der Waals surface area contributed by atoms with Gasteiger partial charge in [-0.25, -0.2) is 0 Å². The fraction of sp³-hybridized carbons (Fsp3) is 0.727. The van der Waals surface area contributed by atoms with Gasteiger partial charge in [0.25, 0.3) is 0 Å². The monoisotopic (exact) mass is 209 g/mol. The van der Waals surface area contributed by atoms with Crippen LogP contribution in [0.4, 0.5) is 0 Å². The van der Waals surface area contributed by atoms with E-state index in [0.29, 0.717) is 0 Å². The predicted molar refractivity (Wildman–Crippen MR) is 58.8 cm³/mol. The van der Waals surface area contributed by atoms with Crippen molar-refractivity contribution < 1.29 is 4.74 Å². The van der Waals surface area contributed by atoms with Crippen molar-refractivity contribution in [2.75, 3.05) is 20.2 Å². The van der Waals surface area contributed by atoms with Crippen molar-refractivity contribution in [1.29, 1.82) is 0 Å². The molecule has 0 atom stereocenters. The zero-order valence-electron chi connectivity index (χ0n) is 9.49. The quantitative estimate of drug-likeness (QED) is 0.797. The van der Waals surface area contributed by atoms with Crippen LogP contribution >= 0.6 is 0 Å². The van der Waals surface area contributed by atoms with Crippen molar-refractivity contribution in [3.8, 4) is 0 Å². The van der Waals surface area contributed by atoms with Crippen molar-refractivity contribution in [1.82, 2.24) is 15.1 Å². The lowest BCUT2D eigenvalue weighted by molar-refractivity contribution is -0.0346. The molecule has 84 valence electrons. The van der Waals surface area contributed by atoms with Crippen molar-refractivity contribution in [3.63, 3.8) is 0 Å². The Labute approximate surface area is 90.6 Å². The van der Waals surface area contributed by atoms with E-state index in [4.69, 9.17) is 4.74 Å². The van der Waals surface area contributed by atoms with Gasteiger partial charge < -0.3 is 10.1 Å². The summed E-state index contributed by atoms with van der Waals surface area (Å²) in [6.07, 6.45) is 4.96. The number of hydrogen-bond acceptors (Lipinski definition) is 3. The van der Waals surface area contributed by atoms with Crippen LogP contribution in [0.2, 0.25) is 0 Å². The highest BCUT2D eigenvalue weighted by Gasteiger charge is 2.32. The van der Waals surface area contributed by atoms with Crippen LogP contribution in [0, 0.1) is 0 Å². The second-order valence-electron chi connectivity index (χ2n) is 4.26. The van der Waals surface area contributed by atoms with Crippen LogP contribution in [0.5, 0.6) is 0 Å². The van der Waals surface area contributed by atoms with E-state index in [1.807, 2.05) is 25.0 Å². The van der Waals surface area contributed by atoms with E-state index >= 15 is 0 Å². The summed E-state index contributed by atoms with van der Waals surface area (Å²) in [5, 5.41) is 7.56. The molecular formula is C11H19N3O. The summed E-state index contributed by atoms with van der Waals surface area (Å²) < 4.78 is 7.66. The van der Waals surface area contributed by atoms with E-state index < -0.39 is 0 Å². The average Bonchev–Trinajstić information content (AvgIpc) is 2.66. The van der Waals surface area contributed by atoms with Gasteiger partial charge in [0.2, 0.25) is 0 Å². The topological polar surface area (TPSA) is 39.1 Å². The second kappa shape index (κ2) is 4.33. The van der Waals surface area contributed by atoms with E-state index in [1.54, 1.807) is 0 Å². The van der Waals surface area contributed by atoms with Crippen LogP contribution in [0.15, 0.2) is 12.3 Å². The van der Waals surface area contributed by atoms with E-state index in [2.05, 4.69) is 16.5 Å². The van der Waals surface area contributed by atoms with Crippen LogP contribution < -0.4 is 5.32 Å². The largest absolute Gasteiger partial charge is 0.378 e.